The SMILES string of the molecule is CC1CC(C(=O)O)C(c2nc(-c3cccnc3)no2)C1. The van der Waals surface area contributed by atoms with Crippen molar-refractivity contribution in [3.05, 3.63) is 30.4 Å². The zero-order valence-electron chi connectivity index (χ0n) is 11.1. The van der Waals surface area contributed by atoms with Crippen molar-refractivity contribution in [3.63, 3.8) is 0 Å². The minimum atomic E-state index is -0.791. The Balaban J connectivity index is 1.88. The Morgan fingerprint density at radius 2 is 2.30 bits per heavy atom. The summed E-state index contributed by atoms with van der Waals surface area (Å²) in [6.07, 6.45) is 4.75. The van der Waals surface area contributed by atoms with E-state index in [1.165, 1.54) is 0 Å². The highest BCUT2D eigenvalue weighted by atomic mass is 16.5. The minimum absolute atomic E-state index is 0.194. The molecule has 3 atom stereocenters. The lowest BCUT2D eigenvalue weighted by atomic mass is 9.96. The molecule has 1 aliphatic rings. The highest BCUT2D eigenvalue weighted by Crippen LogP contribution is 2.42. The van der Waals surface area contributed by atoms with E-state index in [1.54, 1.807) is 18.5 Å². The van der Waals surface area contributed by atoms with Gasteiger partial charge in [0.25, 0.3) is 0 Å². The van der Waals surface area contributed by atoms with Crippen LogP contribution in [0.2, 0.25) is 0 Å². The number of pyridine rings is 1. The van der Waals surface area contributed by atoms with E-state index in [2.05, 4.69) is 15.1 Å². The molecule has 0 saturated heterocycles. The predicted molar refractivity (Wildman–Crippen MR) is 69.8 cm³/mol. The van der Waals surface area contributed by atoms with E-state index < -0.39 is 11.9 Å². The molecule has 0 aliphatic heterocycles. The van der Waals surface area contributed by atoms with Gasteiger partial charge in [-0.05, 0) is 30.9 Å². The van der Waals surface area contributed by atoms with E-state index in [-0.39, 0.29) is 5.92 Å². The van der Waals surface area contributed by atoms with Crippen molar-refractivity contribution in [2.24, 2.45) is 11.8 Å². The summed E-state index contributed by atoms with van der Waals surface area (Å²) >= 11 is 0. The molecule has 0 radical (unpaired) electrons. The molecule has 6 nitrogen and oxygen atoms in total. The zero-order chi connectivity index (χ0) is 14.1. The molecule has 0 aromatic carbocycles. The first-order valence-electron chi connectivity index (χ1n) is 6.62. The van der Waals surface area contributed by atoms with Crippen molar-refractivity contribution in [2.45, 2.75) is 25.7 Å². The number of hydrogen-bond donors (Lipinski definition) is 1. The Morgan fingerprint density at radius 3 is 3.00 bits per heavy atom. The summed E-state index contributed by atoms with van der Waals surface area (Å²) < 4.78 is 5.28. The van der Waals surface area contributed by atoms with Gasteiger partial charge in [0.05, 0.1) is 11.8 Å². The molecule has 1 N–H and O–H groups in total. The van der Waals surface area contributed by atoms with Crippen LogP contribution in [0.5, 0.6) is 0 Å². The van der Waals surface area contributed by atoms with Gasteiger partial charge in [-0.25, -0.2) is 0 Å². The second kappa shape index (κ2) is 5.03. The summed E-state index contributed by atoms with van der Waals surface area (Å²) in [4.78, 5) is 19.7. The van der Waals surface area contributed by atoms with Gasteiger partial charge in [0.15, 0.2) is 0 Å². The summed E-state index contributed by atoms with van der Waals surface area (Å²) in [6.45, 7) is 2.05. The number of aliphatic carboxylic acids is 1. The number of carbonyl (C=O) groups is 1. The number of nitrogens with zero attached hydrogens (tertiary/aromatic N) is 3. The van der Waals surface area contributed by atoms with Gasteiger partial charge >= 0.3 is 5.97 Å². The molecule has 3 unspecified atom stereocenters. The van der Waals surface area contributed by atoms with Crippen molar-refractivity contribution < 1.29 is 14.4 Å². The Labute approximate surface area is 115 Å². The molecule has 0 bridgehead atoms. The van der Waals surface area contributed by atoms with Gasteiger partial charge < -0.3 is 9.63 Å². The van der Waals surface area contributed by atoms with Gasteiger partial charge in [-0.1, -0.05) is 12.1 Å². The first-order valence-corrected chi connectivity index (χ1v) is 6.62. The zero-order valence-corrected chi connectivity index (χ0v) is 11.1. The van der Waals surface area contributed by atoms with Gasteiger partial charge in [-0.15, -0.1) is 0 Å². The Kier molecular flexibility index (Phi) is 3.22. The summed E-state index contributed by atoms with van der Waals surface area (Å²) in [7, 11) is 0. The number of hydrogen-bond acceptors (Lipinski definition) is 5. The van der Waals surface area contributed by atoms with E-state index in [4.69, 9.17) is 4.52 Å². The van der Waals surface area contributed by atoms with Crippen LogP contribution in [-0.2, 0) is 4.79 Å². The molecule has 2 aromatic heterocycles. The maximum absolute atomic E-state index is 11.3. The third kappa shape index (κ3) is 2.29. The lowest BCUT2D eigenvalue weighted by molar-refractivity contribution is -0.142. The van der Waals surface area contributed by atoms with Gasteiger partial charge in [0.2, 0.25) is 11.7 Å². The minimum Gasteiger partial charge on any atom is -0.481 e. The quantitative estimate of drug-likeness (QED) is 0.923. The first-order chi connectivity index (χ1) is 9.65. The standard InChI is InChI=1S/C14H15N3O3/c1-8-5-10(11(6-8)14(18)19)13-16-12(17-20-13)9-3-2-4-15-7-9/h2-4,7-8,10-11H,5-6H2,1H3,(H,18,19). The fourth-order valence-electron chi connectivity index (χ4n) is 2.84. The summed E-state index contributed by atoms with van der Waals surface area (Å²) in [5.74, 6) is -0.194. The van der Waals surface area contributed by atoms with Gasteiger partial charge in [0, 0.05) is 18.0 Å². The highest BCUT2D eigenvalue weighted by molar-refractivity contribution is 5.71. The van der Waals surface area contributed by atoms with Crippen LogP contribution in [0.15, 0.2) is 29.0 Å². The molecule has 1 aliphatic carbocycles. The molecule has 0 spiro atoms. The number of aromatic nitrogens is 3. The van der Waals surface area contributed by atoms with E-state index in [1.807, 2.05) is 13.0 Å². The highest BCUT2D eigenvalue weighted by Gasteiger charge is 2.41. The summed E-state index contributed by atoms with van der Waals surface area (Å²) in [5, 5.41) is 13.2. The van der Waals surface area contributed by atoms with E-state index in [0.717, 1.165) is 12.0 Å². The van der Waals surface area contributed by atoms with Crippen LogP contribution >= 0.6 is 0 Å². The van der Waals surface area contributed by atoms with E-state index in [0.29, 0.717) is 24.1 Å². The molecule has 3 rings (SSSR count). The molecule has 1 saturated carbocycles. The normalized spacial score (nSPS) is 25.8. The van der Waals surface area contributed by atoms with Gasteiger partial charge in [0.1, 0.15) is 0 Å². The van der Waals surface area contributed by atoms with Crippen molar-refractivity contribution in [3.8, 4) is 11.4 Å². The third-order valence-corrected chi connectivity index (χ3v) is 3.79. The van der Waals surface area contributed by atoms with Crippen molar-refractivity contribution in [1.29, 1.82) is 0 Å². The summed E-state index contributed by atoms with van der Waals surface area (Å²) in [6, 6.07) is 3.64. The molecule has 1 fully saturated rings. The molecule has 2 heterocycles. The van der Waals surface area contributed by atoms with Crippen LogP contribution in [-0.4, -0.2) is 26.2 Å². The topological polar surface area (TPSA) is 89.1 Å². The molecule has 104 valence electrons. The van der Waals surface area contributed by atoms with Crippen LogP contribution in [0.4, 0.5) is 0 Å². The van der Waals surface area contributed by atoms with Crippen molar-refractivity contribution in [1.82, 2.24) is 15.1 Å². The molecule has 20 heavy (non-hydrogen) atoms. The van der Waals surface area contributed by atoms with Gasteiger partial charge in [-0.2, -0.15) is 4.98 Å². The van der Waals surface area contributed by atoms with Crippen LogP contribution in [0.1, 0.15) is 31.6 Å². The second-order valence-electron chi connectivity index (χ2n) is 5.33. The Hall–Kier alpha value is -2.24. The maximum atomic E-state index is 11.3. The van der Waals surface area contributed by atoms with E-state index >= 15 is 0 Å². The molecular weight excluding hydrogens is 258 g/mol. The fourth-order valence-corrected chi connectivity index (χ4v) is 2.84. The number of rotatable bonds is 3. The molecular formula is C14H15N3O3. The van der Waals surface area contributed by atoms with Crippen LogP contribution < -0.4 is 0 Å². The fraction of sp³-hybridized carbons (Fsp3) is 0.429. The average molecular weight is 273 g/mol. The Bertz CT molecular complexity index is 611. The maximum Gasteiger partial charge on any atom is 0.307 e. The van der Waals surface area contributed by atoms with Crippen molar-refractivity contribution in [2.75, 3.05) is 0 Å². The van der Waals surface area contributed by atoms with Gasteiger partial charge in [-0.3, -0.25) is 9.78 Å². The van der Waals surface area contributed by atoms with Crippen LogP contribution in [0.3, 0.4) is 0 Å². The number of carboxylic acids is 1. The lowest BCUT2D eigenvalue weighted by Gasteiger charge is -2.09. The number of carboxylic acid groups (broad SMARTS) is 1. The van der Waals surface area contributed by atoms with E-state index in [9.17, 15) is 9.90 Å². The smallest absolute Gasteiger partial charge is 0.307 e. The third-order valence-electron chi connectivity index (χ3n) is 3.79. The van der Waals surface area contributed by atoms with Crippen molar-refractivity contribution >= 4 is 5.97 Å². The van der Waals surface area contributed by atoms with Crippen LogP contribution in [0.25, 0.3) is 11.4 Å². The Morgan fingerprint density at radius 1 is 1.45 bits per heavy atom. The largest absolute Gasteiger partial charge is 0.481 e. The van der Waals surface area contributed by atoms with Crippen LogP contribution in [0, 0.1) is 11.8 Å². The molecule has 0 amide bonds. The monoisotopic (exact) mass is 273 g/mol. The summed E-state index contributed by atoms with van der Waals surface area (Å²) in [5.41, 5.74) is 0.764. The first kappa shape index (κ1) is 12.8. The molecule has 6 heteroatoms. The second-order valence-corrected chi connectivity index (χ2v) is 5.33. The lowest BCUT2D eigenvalue weighted by Crippen LogP contribution is -2.17. The predicted octanol–water partition coefficient (Wildman–Crippen LogP) is 2.35. The molecule has 2 aromatic rings. The average Bonchev–Trinajstić information content (AvgIpc) is 3.06.